The maximum atomic E-state index is 13.6. The van der Waals surface area contributed by atoms with E-state index in [1.165, 1.54) is 12.1 Å². The topological polar surface area (TPSA) is 61.4 Å². The van der Waals surface area contributed by atoms with Gasteiger partial charge in [-0.25, -0.2) is 9.18 Å². The van der Waals surface area contributed by atoms with Gasteiger partial charge >= 0.3 is 6.03 Å². The number of benzene rings is 1. The molecule has 2 rings (SSSR count). The van der Waals surface area contributed by atoms with Crippen molar-refractivity contribution in [2.75, 3.05) is 13.6 Å². The number of likely N-dealkylation sites (N-methyl/N-ethyl adjacent to an activating group) is 1. The first-order valence-electron chi connectivity index (χ1n) is 6.67. The summed E-state index contributed by atoms with van der Waals surface area (Å²) in [6.07, 6.45) is 1.90. The highest BCUT2D eigenvalue weighted by Crippen LogP contribution is 2.20. The van der Waals surface area contributed by atoms with Gasteiger partial charge in [0.05, 0.1) is 6.54 Å². The molecule has 0 unspecified atom stereocenters. The maximum absolute atomic E-state index is 13.6. The molecule has 2 N–H and O–H groups in total. The van der Waals surface area contributed by atoms with Crippen molar-refractivity contribution in [2.24, 2.45) is 0 Å². The second kappa shape index (κ2) is 6.87. The Hall–Kier alpha value is -1.66. The number of nitrogens with zero attached hydrogens (tertiary/aromatic N) is 1. The normalized spacial score (nSPS) is 14.1. The molecule has 1 aliphatic carbocycles. The van der Waals surface area contributed by atoms with Crippen molar-refractivity contribution in [3.05, 3.63) is 34.6 Å². The summed E-state index contributed by atoms with van der Waals surface area (Å²) in [5, 5.41) is 5.21. The minimum Gasteiger partial charge on any atom is -0.335 e. The number of nitrogens with one attached hydrogen (secondary N) is 2. The summed E-state index contributed by atoms with van der Waals surface area (Å²) in [6, 6.07) is 4.14. The number of rotatable bonds is 5. The lowest BCUT2D eigenvalue weighted by Crippen LogP contribution is -2.44. The average Bonchev–Trinajstić information content (AvgIpc) is 3.17. The molecule has 1 fully saturated rings. The van der Waals surface area contributed by atoms with E-state index in [2.05, 4.69) is 10.6 Å². The Morgan fingerprint density at radius 1 is 1.43 bits per heavy atom. The summed E-state index contributed by atoms with van der Waals surface area (Å²) in [4.78, 5) is 24.7. The van der Waals surface area contributed by atoms with Gasteiger partial charge in [0.2, 0.25) is 5.91 Å². The summed E-state index contributed by atoms with van der Waals surface area (Å²) in [5.41, 5.74) is 0.330. The van der Waals surface area contributed by atoms with Crippen molar-refractivity contribution in [1.82, 2.24) is 15.5 Å². The van der Waals surface area contributed by atoms with Gasteiger partial charge in [0.1, 0.15) is 5.82 Å². The van der Waals surface area contributed by atoms with Crippen LogP contribution in [0.3, 0.4) is 0 Å². The number of hydrogen-bond acceptors (Lipinski definition) is 3. The van der Waals surface area contributed by atoms with E-state index < -0.39 is 17.8 Å². The van der Waals surface area contributed by atoms with Crippen molar-refractivity contribution in [2.45, 2.75) is 25.4 Å². The Labute approximate surface area is 127 Å². The third kappa shape index (κ3) is 4.99. The summed E-state index contributed by atoms with van der Waals surface area (Å²) in [7, 11) is 1.65. The number of amides is 3. The molecule has 1 aromatic carbocycles. The fourth-order valence-corrected chi connectivity index (χ4v) is 2.09. The van der Waals surface area contributed by atoms with Crippen LogP contribution in [-0.4, -0.2) is 36.5 Å². The Bertz CT molecular complexity index is 529. The molecule has 0 aliphatic heterocycles. The molecule has 0 bridgehead atoms. The van der Waals surface area contributed by atoms with E-state index in [0.29, 0.717) is 10.6 Å². The van der Waals surface area contributed by atoms with E-state index >= 15 is 0 Å². The summed E-state index contributed by atoms with van der Waals surface area (Å²) in [6.45, 7) is 0.159. The molecule has 0 aromatic heterocycles. The van der Waals surface area contributed by atoms with E-state index in [1.807, 2.05) is 0 Å². The molecular weight excluding hydrogens is 297 g/mol. The molecule has 0 heterocycles. The van der Waals surface area contributed by atoms with E-state index in [1.54, 1.807) is 18.0 Å². The molecule has 1 saturated carbocycles. The summed E-state index contributed by atoms with van der Waals surface area (Å²) < 4.78 is 13.6. The molecule has 3 amide bonds. The third-order valence-corrected chi connectivity index (χ3v) is 3.42. The molecular formula is C14H17ClFN3O2. The van der Waals surface area contributed by atoms with Crippen molar-refractivity contribution >= 4 is 23.5 Å². The molecule has 0 spiro atoms. The van der Waals surface area contributed by atoms with Crippen LogP contribution in [0.4, 0.5) is 9.18 Å². The van der Waals surface area contributed by atoms with Crippen molar-refractivity contribution in [1.29, 1.82) is 0 Å². The van der Waals surface area contributed by atoms with Crippen LogP contribution in [0.15, 0.2) is 18.2 Å². The second-order valence-corrected chi connectivity index (χ2v) is 5.58. The number of carbonyl (C=O) groups is 2. The zero-order valence-corrected chi connectivity index (χ0v) is 12.4. The zero-order chi connectivity index (χ0) is 15.4. The minimum absolute atomic E-state index is 0.0250. The molecule has 5 nitrogen and oxygen atoms in total. The minimum atomic E-state index is -0.486. The van der Waals surface area contributed by atoms with Gasteiger partial charge in [-0.05, 0) is 32.0 Å². The number of imide groups is 1. The SMILES string of the molecule is CN(CC(=O)NC(=O)NC1CC1)Cc1c(F)cccc1Cl. The molecule has 1 aromatic rings. The standard InChI is InChI=1S/C14H17ClFN3O2/c1-19(7-10-11(15)3-2-4-12(10)16)8-13(20)18-14(21)17-9-5-6-9/h2-4,9H,5-8H2,1H3,(H2,17,18,20,21). The summed E-state index contributed by atoms with van der Waals surface area (Å²) >= 11 is 5.93. The average molecular weight is 314 g/mol. The van der Waals surface area contributed by atoms with Crippen LogP contribution in [0.1, 0.15) is 18.4 Å². The zero-order valence-electron chi connectivity index (χ0n) is 11.7. The fraction of sp³-hybridized carbons (Fsp3) is 0.429. The molecule has 114 valence electrons. The smallest absolute Gasteiger partial charge is 0.321 e. The molecule has 7 heteroatoms. The number of urea groups is 1. The fourth-order valence-electron chi connectivity index (χ4n) is 1.87. The van der Waals surface area contributed by atoms with Crippen LogP contribution >= 0.6 is 11.6 Å². The van der Waals surface area contributed by atoms with Crippen LogP contribution in [0.25, 0.3) is 0 Å². The van der Waals surface area contributed by atoms with Gasteiger partial charge < -0.3 is 5.32 Å². The number of halogens is 2. The van der Waals surface area contributed by atoms with Gasteiger partial charge in [-0.2, -0.15) is 0 Å². The number of hydrogen-bond donors (Lipinski definition) is 2. The van der Waals surface area contributed by atoms with Gasteiger partial charge in [-0.15, -0.1) is 0 Å². The number of carbonyl (C=O) groups excluding carboxylic acids is 2. The largest absolute Gasteiger partial charge is 0.335 e. The van der Waals surface area contributed by atoms with Crippen molar-refractivity contribution in [3.8, 4) is 0 Å². The monoisotopic (exact) mass is 313 g/mol. The Morgan fingerprint density at radius 3 is 2.76 bits per heavy atom. The molecule has 0 saturated heterocycles. The third-order valence-electron chi connectivity index (χ3n) is 3.07. The summed E-state index contributed by atoms with van der Waals surface area (Å²) in [5.74, 6) is -0.857. The highest BCUT2D eigenvalue weighted by atomic mass is 35.5. The van der Waals surface area contributed by atoms with E-state index in [9.17, 15) is 14.0 Å². The van der Waals surface area contributed by atoms with Crippen LogP contribution in [0.2, 0.25) is 5.02 Å². The van der Waals surface area contributed by atoms with Gasteiger partial charge in [0, 0.05) is 23.2 Å². The van der Waals surface area contributed by atoms with E-state index in [0.717, 1.165) is 12.8 Å². The first-order chi connectivity index (χ1) is 9.95. The van der Waals surface area contributed by atoms with Gasteiger partial charge in [-0.1, -0.05) is 17.7 Å². The predicted molar refractivity (Wildman–Crippen MR) is 77.4 cm³/mol. The lowest BCUT2D eigenvalue weighted by molar-refractivity contribution is -0.121. The molecule has 0 atom stereocenters. The van der Waals surface area contributed by atoms with Crippen LogP contribution < -0.4 is 10.6 Å². The van der Waals surface area contributed by atoms with Crippen LogP contribution in [-0.2, 0) is 11.3 Å². The quantitative estimate of drug-likeness (QED) is 0.873. The molecule has 1 aliphatic rings. The first-order valence-corrected chi connectivity index (χ1v) is 7.05. The van der Waals surface area contributed by atoms with E-state index in [-0.39, 0.29) is 19.1 Å². The predicted octanol–water partition coefficient (Wildman–Crippen LogP) is 1.90. The van der Waals surface area contributed by atoms with Gasteiger partial charge in [0.25, 0.3) is 0 Å². The Kier molecular flexibility index (Phi) is 5.14. The highest BCUT2D eigenvalue weighted by Gasteiger charge is 2.24. The van der Waals surface area contributed by atoms with Crippen molar-refractivity contribution < 1.29 is 14.0 Å². The second-order valence-electron chi connectivity index (χ2n) is 5.17. The Morgan fingerprint density at radius 2 is 2.14 bits per heavy atom. The van der Waals surface area contributed by atoms with Crippen molar-refractivity contribution in [3.63, 3.8) is 0 Å². The Balaban J connectivity index is 1.81. The highest BCUT2D eigenvalue weighted by molar-refractivity contribution is 6.31. The van der Waals surface area contributed by atoms with Gasteiger partial charge in [0.15, 0.2) is 0 Å². The lowest BCUT2D eigenvalue weighted by Gasteiger charge is -2.17. The maximum Gasteiger partial charge on any atom is 0.321 e. The van der Waals surface area contributed by atoms with E-state index in [4.69, 9.17) is 11.6 Å². The molecule has 21 heavy (non-hydrogen) atoms. The van der Waals surface area contributed by atoms with Crippen LogP contribution in [0.5, 0.6) is 0 Å². The van der Waals surface area contributed by atoms with Gasteiger partial charge in [-0.3, -0.25) is 15.0 Å². The van der Waals surface area contributed by atoms with Crippen LogP contribution in [0, 0.1) is 5.82 Å². The first kappa shape index (κ1) is 15.7. The molecule has 0 radical (unpaired) electrons. The lowest BCUT2D eigenvalue weighted by atomic mass is 10.2.